The number of hydrogen-bond acceptors (Lipinski definition) is 2. The van der Waals surface area contributed by atoms with Gasteiger partial charge in [0.1, 0.15) is 0 Å². The van der Waals surface area contributed by atoms with Crippen LogP contribution < -0.4 is 0 Å². The third-order valence-electron chi connectivity index (χ3n) is 3.19. The fourth-order valence-electron chi connectivity index (χ4n) is 2.16. The Kier molecular flexibility index (Phi) is 4.17. The van der Waals surface area contributed by atoms with Gasteiger partial charge in [0, 0.05) is 18.5 Å². The first kappa shape index (κ1) is 15.8. The number of rotatable bonds is 1. The molecule has 0 aromatic carbocycles. The van der Waals surface area contributed by atoms with E-state index >= 15 is 0 Å². The molecule has 0 bridgehead atoms. The summed E-state index contributed by atoms with van der Waals surface area (Å²) in [5.74, 6) is -4.67. The fourth-order valence-corrected chi connectivity index (χ4v) is 2.16. The summed E-state index contributed by atoms with van der Waals surface area (Å²) in [7, 11) is 0. The molecule has 1 saturated heterocycles. The summed E-state index contributed by atoms with van der Waals surface area (Å²) in [4.78, 5) is 24.0. The molecule has 7 heteroatoms. The zero-order chi connectivity index (χ0) is 15.0. The molecule has 110 valence electrons. The summed E-state index contributed by atoms with van der Waals surface area (Å²) in [6.45, 7) is 4.19. The number of piperidine rings is 1. The van der Waals surface area contributed by atoms with Crippen LogP contribution in [0.2, 0.25) is 0 Å². The number of aliphatic carboxylic acids is 1. The van der Waals surface area contributed by atoms with Crippen molar-refractivity contribution in [2.24, 2.45) is 17.3 Å². The second kappa shape index (κ2) is 5.02. The van der Waals surface area contributed by atoms with Gasteiger partial charge in [-0.15, -0.1) is 0 Å². The van der Waals surface area contributed by atoms with Crippen molar-refractivity contribution in [3.05, 3.63) is 0 Å². The molecule has 19 heavy (non-hydrogen) atoms. The first-order valence-electron chi connectivity index (χ1n) is 6.02. The normalized spacial score (nSPS) is 25.3. The van der Waals surface area contributed by atoms with E-state index in [9.17, 15) is 22.8 Å². The fraction of sp³-hybridized carbons (Fsp3) is 0.833. The molecular weight excluding hydrogens is 263 g/mol. The number of carboxylic acid groups (broad SMARTS) is 1. The van der Waals surface area contributed by atoms with E-state index in [1.54, 1.807) is 20.8 Å². The van der Waals surface area contributed by atoms with Crippen LogP contribution in [0.5, 0.6) is 0 Å². The van der Waals surface area contributed by atoms with Crippen LogP contribution in [0.15, 0.2) is 0 Å². The van der Waals surface area contributed by atoms with Crippen LogP contribution in [0.1, 0.15) is 27.2 Å². The maximum Gasteiger partial charge on any atom is 0.393 e. The molecule has 1 aliphatic heterocycles. The van der Waals surface area contributed by atoms with Crippen LogP contribution >= 0.6 is 0 Å². The Morgan fingerprint density at radius 3 is 2.05 bits per heavy atom. The van der Waals surface area contributed by atoms with Crippen molar-refractivity contribution < 1.29 is 27.9 Å². The van der Waals surface area contributed by atoms with Crippen molar-refractivity contribution in [2.75, 3.05) is 13.1 Å². The van der Waals surface area contributed by atoms with Crippen LogP contribution in [-0.4, -0.2) is 41.1 Å². The molecule has 1 heterocycles. The van der Waals surface area contributed by atoms with Crippen molar-refractivity contribution in [2.45, 2.75) is 33.4 Å². The summed E-state index contributed by atoms with van der Waals surface area (Å²) in [6.07, 6.45) is -4.95. The highest BCUT2D eigenvalue weighted by Gasteiger charge is 2.47. The topological polar surface area (TPSA) is 57.6 Å². The highest BCUT2D eigenvalue weighted by atomic mass is 19.4. The second-order valence-electron chi connectivity index (χ2n) is 5.97. The molecule has 0 aromatic heterocycles. The standard InChI is InChI=1S/C12H18F3NO3/c1-11(2,3)10(19)16-5-7(9(17)18)4-8(6-16)12(13,14)15/h7-8H,4-6H2,1-3H3,(H,17,18). The average molecular weight is 281 g/mol. The van der Waals surface area contributed by atoms with Gasteiger partial charge in [-0.25, -0.2) is 0 Å². The van der Waals surface area contributed by atoms with Crippen LogP contribution in [-0.2, 0) is 9.59 Å². The molecule has 0 spiro atoms. The highest BCUT2D eigenvalue weighted by molar-refractivity contribution is 5.82. The van der Waals surface area contributed by atoms with E-state index in [2.05, 4.69) is 0 Å². The van der Waals surface area contributed by atoms with Gasteiger partial charge < -0.3 is 10.0 Å². The Morgan fingerprint density at radius 2 is 1.68 bits per heavy atom. The van der Waals surface area contributed by atoms with E-state index in [0.717, 1.165) is 4.90 Å². The maximum atomic E-state index is 12.8. The van der Waals surface area contributed by atoms with Crippen molar-refractivity contribution >= 4 is 11.9 Å². The predicted octanol–water partition coefficient (Wildman–Crippen LogP) is 2.14. The van der Waals surface area contributed by atoms with Gasteiger partial charge in [0.25, 0.3) is 0 Å². The Hall–Kier alpha value is -1.27. The Morgan fingerprint density at radius 1 is 1.16 bits per heavy atom. The maximum absolute atomic E-state index is 12.8. The number of carbonyl (C=O) groups excluding carboxylic acids is 1. The molecule has 0 aromatic rings. The summed E-state index contributed by atoms with van der Waals surface area (Å²) in [5, 5.41) is 8.92. The van der Waals surface area contributed by atoms with Crippen LogP contribution in [0, 0.1) is 17.3 Å². The number of likely N-dealkylation sites (tertiary alicyclic amines) is 1. The third-order valence-corrected chi connectivity index (χ3v) is 3.19. The monoisotopic (exact) mass is 281 g/mol. The van der Waals surface area contributed by atoms with Gasteiger partial charge in [-0.3, -0.25) is 9.59 Å². The van der Waals surface area contributed by atoms with Gasteiger partial charge in [-0.05, 0) is 6.42 Å². The third kappa shape index (κ3) is 3.84. The minimum atomic E-state index is -4.48. The summed E-state index contributed by atoms with van der Waals surface area (Å²) in [6, 6.07) is 0. The van der Waals surface area contributed by atoms with Crippen molar-refractivity contribution in [3.63, 3.8) is 0 Å². The van der Waals surface area contributed by atoms with Crippen LogP contribution in [0.4, 0.5) is 13.2 Å². The lowest BCUT2D eigenvalue weighted by atomic mass is 9.86. The molecule has 1 rings (SSSR count). The highest BCUT2D eigenvalue weighted by Crippen LogP contribution is 2.36. The zero-order valence-corrected chi connectivity index (χ0v) is 11.1. The molecule has 0 radical (unpaired) electrons. The molecule has 4 nitrogen and oxygen atoms in total. The smallest absolute Gasteiger partial charge is 0.393 e. The first-order chi connectivity index (χ1) is 8.43. The number of halogens is 3. The van der Waals surface area contributed by atoms with E-state index in [1.807, 2.05) is 0 Å². The van der Waals surface area contributed by atoms with E-state index in [0.29, 0.717) is 0 Å². The van der Waals surface area contributed by atoms with Crippen molar-refractivity contribution in [1.82, 2.24) is 4.90 Å². The quantitative estimate of drug-likeness (QED) is 0.801. The predicted molar refractivity (Wildman–Crippen MR) is 61.3 cm³/mol. The summed E-state index contributed by atoms with van der Waals surface area (Å²) in [5.41, 5.74) is -0.823. The molecular formula is C12H18F3NO3. The van der Waals surface area contributed by atoms with Gasteiger partial charge in [-0.1, -0.05) is 20.8 Å². The van der Waals surface area contributed by atoms with Gasteiger partial charge in [0.2, 0.25) is 5.91 Å². The molecule has 2 atom stereocenters. The van der Waals surface area contributed by atoms with Crippen LogP contribution in [0.3, 0.4) is 0 Å². The van der Waals surface area contributed by atoms with E-state index in [4.69, 9.17) is 5.11 Å². The lowest BCUT2D eigenvalue weighted by Gasteiger charge is -2.39. The molecule has 0 saturated carbocycles. The van der Waals surface area contributed by atoms with E-state index in [1.165, 1.54) is 0 Å². The van der Waals surface area contributed by atoms with Crippen molar-refractivity contribution in [3.8, 4) is 0 Å². The van der Waals surface area contributed by atoms with Crippen LogP contribution in [0.25, 0.3) is 0 Å². The average Bonchev–Trinajstić information content (AvgIpc) is 2.24. The number of amides is 1. The largest absolute Gasteiger partial charge is 0.481 e. The van der Waals surface area contributed by atoms with Gasteiger partial charge in [0.15, 0.2) is 0 Å². The Balaban J connectivity index is 2.94. The first-order valence-corrected chi connectivity index (χ1v) is 6.02. The van der Waals surface area contributed by atoms with Gasteiger partial charge >= 0.3 is 12.1 Å². The Labute approximate surface area is 109 Å². The number of hydrogen-bond donors (Lipinski definition) is 1. The SMILES string of the molecule is CC(C)(C)C(=O)N1CC(C(=O)O)CC(C(F)(F)F)C1. The molecule has 1 N–H and O–H groups in total. The van der Waals surface area contributed by atoms with E-state index in [-0.39, 0.29) is 6.54 Å². The van der Waals surface area contributed by atoms with Crippen molar-refractivity contribution in [1.29, 1.82) is 0 Å². The molecule has 1 aliphatic rings. The van der Waals surface area contributed by atoms with Gasteiger partial charge in [-0.2, -0.15) is 13.2 Å². The molecule has 2 unspecified atom stereocenters. The summed E-state index contributed by atoms with van der Waals surface area (Å²) >= 11 is 0. The molecule has 1 fully saturated rings. The Bertz CT molecular complexity index is 373. The minimum absolute atomic E-state index is 0.155. The lowest BCUT2D eigenvalue weighted by molar-refractivity contribution is -0.196. The zero-order valence-electron chi connectivity index (χ0n) is 11.1. The van der Waals surface area contributed by atoms with Gasteiger partial charge in [0.05, 0.1) is 11.8 Å². The molecule has 1 amide bonds. The lowest BCUT2D eigenvalue weighted by Crippen LogP contribution is -2.52. The molecule has 0 aliphatic carbocycles. The number of carboxylic acids is 1. The minimum Gasteiger partial charge on any atom is -0.481 e. The number of carbonyl (C=O) groups is 2. The number of nitrogens with zero attached hydrogens (tertiary/aromatic N) is 1. The summed E-state index contributed by atoms with van der Waals surface area (Å²) < 4.78 is 38.3. The number of alkyl halides is 3. The second-order valence-corrected chi connectivity index (χ2v) is 5.97. The van der Waals surface area contributed by atoms with E-state index < -0.39 is 48.3 Å².